The van der Waals surface area contributed by atoms with Gasteiger partial charge in [-0.05, 0) is 37.0 Å². The maximum Gasteiger partial charge on any atom is 0.0702 e. The number of benzene rings is 1. The molecule has 118 valence electrons. The zero-order valence-electron chi connectivity index (χ0n) is 13.3. The summed E-state index contributed by atoms with van der Waals surface area (Å²) in [5.74, 6) is 0. The van der Waals surface area contributed by atoms with Crippen molar-refractivity contribution < 1.29 is 4.74 Å². The summed E-state index contributed by atoms with van der Waals surface area (Å²) in [5.41, 5.74) is 2.76. The molecule has 4 heteroatoms. The Bertz CT molecular complexity index is 561. The van der Waals surface area contributed by atoms with Crippen LogP contribution in [0.1, 0.15) is 24.0 Å². The minimum atomic E-state index is 0.390. The van der Waals surface area contributed by atoms with Crippen LogP contribution in [0.25, 0.3) is 0 Å². The number of ether oxygens (including phenoxy) is 1. The molecule has 3 rings (SSSR count). The van der Waals surface area contributed by atoms with Gasteiger partial charge in [0.2, 0.25) is 0 Å². The first-order valence-electron chi connectivity index (χ1n) is 8.17. The van der Waals surface area contributed by atoms with E-state index in [0.29, 0.717) is 6.10 Å². The van der Waals surface area contributed by atoms with Crippen molar-refractivity contribution in [2.45, 2.75) is 39.0 Å². The van der Waals surface area contributed by atoms with Crippen molar-refractivity contribution in [2.75, 3.05) is 19.7 Å². The number of aryl methyl sites for hydroxylation is 1. The molecule has 0 unspecified atom stereocenters. The molecule has 22 heavy (non-hydrogen) atoms. The summed E-state index contributed by atoms with van der Waals surface area (Å²) in [6.07, 6.45) is 6.64. The molecule has 2 aromatic rings. The van der Waals surface area contributed by atoms with Gasteiger partial charge in [0.25, 0.3) is 0 Å². The third kappa shape index (κ3) is 4.18. The van der Waals surface area contributed by atoms with Gasteiger partial charge in [0, 0.05) is 38.6 Å². The predicted octanol–water partition coefficient (Wildman–Crippen LogP) is 2.87. The number of hydrogen-bond donors (Lipinski definition) is 0. The lowest BCUT2D eigenvalue weighted by Gasteiger charge is -2.26. The van der Waals surface area contributed by atoms with Crippen molar-refractivity contribution in [1.29, 1.82) is 0 Å². The van der Waals surface area contributed by atoms with Crippen molar-refractivity contribution in [3.8, 4) is 0 Å². The Morgan fingerprint density at radius 3 is 2.95 bits per heavy atom. The molecule has 2 heterocycles. The fourth-order valence-corrected chi connectivity index (χ4v) is 3.02. The van der Waals surface area contributed by atoms with Crippen LogP contribution < -0.4 is 0 Å². The molecular weight excluding hydrogens is 274 g/mol. The van der Waals surface area contributed by atoms with E-state index in [0.717, 1.165) is 32.8 Å². The minimum Gasteiger partial charge on any atom is -0.377 e. The summed E-state index contributed by atoms with van der Waals surface area (Å²) in [5, 5.41) is 4.30. The van der Waals surface area contributed by atoms with Crippen molar-refractivity contribution in [3.63, 3.8) is 0 Å². The summed E-state index contributed by atoms with van der Waals surface area (Å²) in [7, 11) is 0. The molecule has 0 aliphatic carbocycles. The van der Waals surface area contributed by atoms with Crippen molar-refractivity contribution in [1.82, 2.24) is 14.7 Å². The Labute approximate surface area is 132 Å². The van der Waals surface area contributed by atoms with Crippen LogP contribution in [0.5, 0.6) is 0 Å². The molecule has 0 radical (unpaired) electrons. The Hall–Kier alpha value is -1.65. The fraction of sp³-hybridized carbons (Fsp3) is 0.500. The van der Waals surface area contributed by atoms with E-state index < -0.39 is 0 Å². The molecular formula is C18H25N3O. The average Bonchev–Trinajstić information content (AvgIpc) is 3.20. The molecule has 1 aliphatic heterocycles. The molecule has 1 saturated heterocycles. The lowest BCUT2D eigenvalue weighted by molar-refractivity contribution is 0.0689. The molecule has 0 N–H and O–H groups in total. The SMILES string of the molecule is Cc1ccccc1CN(CCn1cccn1)C[C@H]1CCCO1. The second kappa shape index (κ2) is 7.56. The highest BCUT2D eigenvalue weighted by Gasteiger charge is 2.19. The van der Waals surface area contributed by atoms with Gasteiger partial charge in [-0.3, -0.25) is 9.58 Å². The average molecular weight is 299 g/mol. The Morgan fingerprint density at radius 1 is 1.32 bits per heavy atom. The quantitative estimate of drug-likeness (QED) is 0.787. The van der Waals surface area contributed by atoms with Crippen molar-refractivity contribution >= 4 is 0 Å². The molecule has 0 bridgehead atoms. The zero-order chi connectivity index (χ0) is 15.2. The van der Waals surface area contributed by atoms with E-state index >= 15 is 0 Å². The van der Waals surface area contributed by atoms with E-state index in [1.807, 2.05) is 23.1 Å². The topological polar surface area (TPSA) is 30.3 Å². The minimum absolute atomic E-state index is 0.390. The van der Waals surface area contributed by atoms with Gasteiger partial charge in [-0.25, -0.2) is 0 Å². The maximum atomic E-state index is 5.82. The Kier molecular flexibility index (Phi) is 5.24. The lowest BCUT2D eigenvalue weighted by atomic mass is 10.1. The largest absolute Gasteiger partial charge is 0.377 e. The second-order valence-corrected chi connectivity index (χ2v) is 6.07. The van der Waals surface area contributed by atoms with E-state index in [-0.39, 0.29) is 0 Å². The molecule has 1 aromatic heterocycles. The molecule has 1 aromatic carbocycles. The van der Waals surface area contributed by atoms with E-state index in [2.05, 4.69) is 41.2 Å². The summed E-state index contributed by atoms with van der Waals surface area (Å²) >= 11 is 0. The first kappa shape index (κ1) is 15.3. The van der Waals surface area contributed by atoms with Gasteiger partial charge in [-0.15, -0.1) is 0 Å². The van der Waals surface area contributed by atoms with Gasteiger partial charge in [0.15, 0.2) is 0 Å². The van der Waals surface area contributed by atoms with Crippen molar-refractivity contribution in [2.24, 2.45) is 0 Å². The first-order chi connectivity index (χ1) is 10.8. The van der Waals surface area contributed by atoms with Crippen LogP contribution in [-0.2, 0) is 17.8 Å². The van der Waals surface area contributed by atoms with E-state index in [1.165, 1.54) is 24.0 Å². The smallest absolute Gasteiger partial charge is 0.0702 e. The van der Waals surface area contributed by atoms with Crippen LogP contribution >= 0.6 is 0 Å². The molecule has 0 spiro atoms. The third-order valence-electron chi connectivity index (χ3n) is 4.35. The fourth-order valence-electron chi connectivity index (χ4n) is 3.02. The standard InChI is InChI=1S/C18H25N3O/c1-16-6-2-3-7-17(16)14-20(15-18-8-4-13-22-18)11-12-21-10-5-9-19-21/h2-3,5-7,9-10,18H,4,8,11-15H2,1H3/t18-/m1/s1. The van der Waals surface area contributed by atoms with Gasteiger partial charge >= 0.3 is 0 Å². The van der Waals surface area contributed by atoms with E-state index in [4.69, 9.17) is 4.74 Å². The number of nitrogens with zero attached hydrogens (tertiary/aromatic N) is 3. The molecule has 0 amide bonds. The summed E-state index contributed by atoms with van der Waals surface area (Å²) in [4.78, 5) is 2.50. The van der Waals surface area contributed by atoms with Crippen LogP contribution in [0, 0.1) is 6.92 Å². The van der Waals surface area contributed by atoms with Crippen LogP contribution in [0.4, 0.5) is 0 Å². The number of aromatic nitrogens is 2. The van der Waals surface area contributed by atoms with E-state index in [1.54, 1.807) is 0 Å². The van der Waals surface area contributed by atoms with Gasteiger partial charge in [0.05, 0.1) is 12.6 Å². The van der Waals surface area contributed by atoms with E-state index in [9.17, 15) is 0 Å². The second-order valence-electron chi connectivity index (χ2n) is 6.07. The molecule has 1 aliphatic rings. The normalized spacial score (nSPS) is 18.2. The van der Waals surface area contributed by atoms with Crippen LogP contribution in [0.15, 0.2) is 42.7 Å². The molecule has 1 atom stereocenters. The summed E-state index contributed by atoms with van der Waals surface area (Å²) in [6.45, 7) is 7.01. The highest BCUT2D eigenvalue weighted by molar-refractivity contribution is 5.25. The maximum absolute atomic E-state index is 5.82. The van der Waals surface area contributed by atoms with Gasteiger partial charge in [0.1, 0.15) is 0 Å². The Morgan fingerprint density at radius 2 is 2.23 bits per heavy atom. The third-order valence-corrected chi connectivity index (χ3v) is 4.35. The summed E-state index contributed by atoms with van der Waals surface area (Å²) in [6, 6.07) is 10.6. The van der Waals surface area contributed by atoms with Crippen LogP contribution in [-0.4, -0.2) is 40.5 Å². The monoisotopic (exact) mass is 299 g/mol. The first-order valence-corrected chi connectivity index (χ1v) is 8.17. The highest BCUT2D eigenvalue weighted by Crippen LogP contribution is 2.16. The Balaban J connectivity index is 1.63. The molecule has 4 nitrogen and oxygen atoms in total. The van der Waals surface area contributed by atoms with Gasteiger partial charge in [-0.2, -0.15) is 5.10 Å². The molecule has 1 fully saturated rings. The predicted molar refractivity (Wildman–Crippen MR) is 87.7 cm³/mol. The van der Waals surface area contributed by atoms with Gasteiger partial charge < -0.3 is 4.74 Å². The number of rotatable bonds is 7. The highest BCUT2D eigenvalue weighted by atomic mass is 16.5. The molecule has 0 saturated carbocycles. The summed E-state index contributed by atoms with van der Waals surface area (Å²) < 4.78 is 7.82. The van der Waals surface area contributed by atoms with Crippen molar-refractivity contribution in [3.05, 3.63) is 53.9 Å². The van der Waals surface area contributed by atoms with Crippen LogP contribution in [0.3, 0.4) is 0 Å². The lowest BCUT2D eigenvalue weighted by Crippen LogP contribution is -2.34. The zero-order valence-corrected chi connectivity index (χ0v) is 13.3. The number of hydrogen-bond acceptors (Lipinski definition) is 3. The van der Waals surface area contributed by atoms with Crippen LogP contribution in [0.2, 0.25) is 0 Å². The van der Waals surface area contributed by atoms with Gasteiger partial charge in [-0.1, -0.05) is 24.3 Å².